The molecule has 0 saturated carbocycles. The Labute approximate surface area is 106 Å². The molecule has 92 valence electrons. The van der Waals surface area contributed by atoms with Gasteiger partial charge in [-0.3, -0.25) is 4.90 Å². The van der Waals surface area contributed by atoms with Gasteiger partial charge >= 0.3 is 6.09 Å². The van der Waals surface area contributed by atoms with Crippen molar-refractivity contribution < 1.29 is 9.53 Å². The van der Waals surface area contributed by atoms with Crippen LogP contribution in [0.15, 0.2) is 30.3 Å². The smallest absolute Gasteiger partial charge is 0.414 e. The quantitative estimate of drug-likeness (QED) is 0.594. The normalized spacial score (nSPS) is 19.5. The van der Waals surface area contributed by atoms with E-state index in [-0.39, 0.29) is 12.2 Å². The van der Waals surface area contributed by atoms with Crippen LogP contribution in [-0.2, 0) is 4.74 Å². The summed E-state index contributed by atoms with van der Waals surface area (Å²) < 4.78 is 5.32. The number of anilines is 1. The van der Waals surface area contributed by atoms with Gasteiger partial charge in [-0.15, -0.1) is 11.6 Å². The number of hydrogen-bond acceptors (Lipinski definition) is 2. The molecular formula is C13H16ClNO2. The highest BCUT2D eigenvalue weighted by molar-refractivity contribution is 6.17. The van der Waals surface area contributed by atoms with Gasteiger partial charge in [0, 0.05) is 11.6 Å². The van der Waals surface area contributed by atoms with E-state index in [0.717, 1.165) is 24.9 Å². The molecule has 17 heavy (non-hydrogen) atoms. The monoisotopic (exact) mass is 253 g/mol. The van der Waals surface area contributed by atoms with Crippen LogP contribution in [0.4, 0.5) is 10.5 Å². The number of halogens is 1. The number of cyclic esters (lactones) is 1. The van der Waals surface area contributed by atoms with Gasteiger partial charge in [0.1, 0.15) is 6.10 Å². The molecule has 4 heteroatoms. The zero-order valence-electron chi connectivity index (χ0n) is 9.64. The number of nitrogens with zero attached hydrogens (tertiary/aromatic N) is 1. The van der Waals surface area contributed by atoms with E-state index in [1.807, 2.05) is 30.3 Å². The fraction of sp³-hybridized carbons (Fsp3) is 0.462. The summed E-state index contributed by atoms with van der Waals surface area (Å²) >= 11 is 5.62. The molecule has 1 heterocycles. The molecular weight excluding hydrogens is 238 g/mol. The van der Waals surface area contributed by atoms with Crippen LogP contribution >= 0.6 is 11.6 Å². The highest BCUT2D eigenvalue weighted by Gasteiger charge is 2.31. The summed E-state index contributed by atoms with van der Waals surface area (Å²) in [6.07, 6.45) is 2.63. The average Bonchev–Trinajstić information content (AvgIpc) is 2.72. The minimum Gasteiger partial charge on any atom is -0.444 e. The van der Waals surface area contributed by atoms with E-state index in [1.165, 1.54) is 0 Å². The Kier molecular flexibility index (Phi) is 4.26. The molecule has 0 N–H and O–H groups in total. The molecule has 1 saturated heterocycles. The van der Waals surface area contributed by atoms with Crippen molar-refractivity contribution in [3.05, 3.63) is 30.3 Å². The van der Waals surface area contributed by atoms with Crippen LogP contribution in [-0.4, -0.2) is 24.6 Å². The van der Waals surface area contributed by atoms with Gasteiger partial charge in [-0.25, -0.2) is 4.79 Å². The lowest BCUT2D eigenvalue weighted by molar-refractivity contribution is 0.135. The fourth-order valence-corrected chi connectivity index (χ4v) is 2.15. The topological polar surface area (TPSA) is 29.5 Å². The number of amides is 1. The lowest BCUT2D eigenvalue weighted by Crippen LogP contribution is -2.24. The lowest BCUT2D eigenvalue weighted by atomic mass is 10.1. The number of ether oxygens (including phenoxy) is 1. The van der Waals surface area contributed by atoms with Gasteiger partial charge in [0.05, 0.1) is 6.54 Å². The van der Waals surface area contributed by atoms with Gasteiger partial charge in [0.15, 0.2) is 0 Å². The third-order valence-electron chi connectivity index (χ3n) is 2.85. The van der Waals surface area contributed by atoms with Crippen LogP contribution in [0.3, 0.4) is 0 Å². The van der Waals surface area contributed by atoms with E-state index in [9.17, 15) is 4.79 Å². The van der Waals surface area contributed by atoms with Gasteiger partial charge in [-0.1, -0.05) is 18.2 Å². The number of para-hydroxylation sites is 1. The molecule has 1 aromatic carbocycles. The molecule has 0 bridgehead atoms. The van der Waals surface area contributed by atoms with E-state index in [4.69, 9.17) is 16.3 Å². The SMILES string of the molecule is O=C1OC(CCCCCl)CN1c1ccccc1. The van der Waals surface area contributed by atoms with Crippen molar-refractivity contribution in [1.82, 2.24) is 0 Å². The number of alkyl halides is 1. The summed E-state index contributed by atoms with van der Waals surface area (Å²) in [5.74, 6) is 0.670. The molecule has 1 unspecified atom stereocenters. The fourth-order valence-electron chi connectivity index (χ4n) is 1.96. The molecule has 1 amide bonds. The zero-order chi connectivity index (χ0) is 12.1. The Balaban J connectivity index is 1.92. The molecule has 1 fully saturated rings. The Hall–Kier alpha value is -1.22. The van der Waals surface area contributed by atoms with E-state index in [1.54, 1.807) is 4.90 Å². The first kappa shape index (κ1) is 12.2. The number of hydrogen-bond donors (Lipinski definition) is 0. The second-order valence-corrected chi connectivity index (χ2v) is 4.51. The molecule has 0 spiro atoms. The largest absolute Gasteiger partial charge is 0.444 e. The van der Waals surface area contributed by atoms with Crippen LogP contribution in [0.25, 0.3) is 0 Å². The Morgan fingerprint density at radius 3 is 2.76 bits per heavy atom. The summed E-state index contributed by atoms with van der Waals surface area (Å²) in [4.78, 5) is 13.4. The maximum Gasteiger partial charge on any atom is 0.414 e. The van der Waals surface area contributed by atoms with Crippen LogP contribution in [0.2, 0.25) is 0 Å². The summed E-state index contributed by atoms with van der Waals surface area (Å²) in [5, 5.41) is 0. The lowest BCUT2D eigenvalue weighted by Gasteiger charge is -2.12. The molecule has 0 aromatic heterocycles. The minimum atomic E-state index is -0.243. The third-order valence-corrected chi connectivity index (χ3v) is 3.12. The minimum absolute atomic E-state index is 0.00548. The zero-order valence-corrected chi connectivity index (χ0v) is 10.4. The molecule has 1 aliphatic heterocycles. The molecule has 1 aliphatic rings. The van der Waals surface area contributed by atoms with Crippen LogP contribution < -0.4 is 4.90 Å². The van der Waals surface area contributed by atoms with Crippen molar-refractivity contribution in [2.24, 2.45) is 0 Å². The summed E-state index contributed by atoms with van der Waals surface area (Å²) in [7, 11) is 0. The predicted molar refractivity (Wildman–Crippen MR) is 68.6 cm³/mol. The van der Waals surface area contributed by atoms with Crippen molar-refractivity contribution >= 4 is 23.4 Å². The number of benzene rings is 1. The first-order valence-electron chi connectivity index (χ1n) is 5.90. The average molecular weight is 254 g/mol. The number of rotatable bonds is 5. The van der Waals surface area contributed by atoms with Gasteiger partial charge in [-0.05, 0) is 31.4 Å². The van der Waals surface area contributed by atoms with Crippen molar-refractivity contribution in [2.45, 2.75) is 25.4 Å². The molecule has 0 radical (unpaired) electrons. The van der Waals surface area contributed by atoms with Crippen molar-refractivity contribution in [3.8, 4) is 0 Å². The maximum absolute atomic E-state index is 11.7. The number of carbonyl (C=O) groups is 1. The predicted octanol–water partition coefficient (Wildman–Crippen LogP) is 3.42. The van der Waals surface area contributed by atoms with E-state index in [0.29, 0.717) is 12.4 Å². The molecule has 1 aromatic rings. The van der Waals surface area contributed by atoms with Crippen molar-refractivity contribution in [1.29, 1.82) is 0 Å². The second kappa shape index (κ2) is 5.92. The van der Waals surface area contributed by atoms with E-state index >= 15 is 0 Å². The Morgan fingerprint density at radius 2 is 2.06 bits per heavy atom. The molecule has 3 nitrogen and oxygen atoms in total. The molecule has 1 atom stereocenters. The van der Waals surface area contributed by atoms with Crippen molar-refractivity contribution in [3.63, 3.8) is 0 Å². The highest BCUT2D eigenvalue weighted by atomic mass is 35.5. The Bertz CT molecular complexity index is 369. The standard InChI is InChI=1S/C13H16ClNO2/c14-9-5-4-8-12-10-15(13(16)17-12)11-6-2-1-3-7-11/h1-3,6-7,12H,4-5,8-10H2. The summed E-state index contributed by atoms with van der Waals surface area (Å²) in [6, 6.07) is 9.61. The first-order chi connectivity index (χ1) is 8.31. The van der Waals surface area contributed by atoms with Gasteiger partial charge < -0.3 is 4.74 Å². The second-order valence-electron chi connectivity index (χ2n) is 4.14. The van der Waals surface area contributed by atoms with Gasteiger partial charge in [0.2, 0.25) is 0 Å². The highest BCUT2D eigenvalue weighted by Crippen LogP contribution is 2.23. The van der Waals surface area contributed by atoms with E-state index in [2.05, 4.69) is 0 Å². The van der Waals surface area contributed by atoms with Crippen molar-refractivity contribution in [2.75, 3.05) is 17.3 Å². The maximum atomic E-state index is 11.7. The summed E-state index contributed by atoms with van der Waals surface area (Å²) in [6.45, 7) is 0.644. The third kappa shape index (κ3) is 3.13. The van der Waals surface area contributed by atoms with Gasteiger partial charge in [-0.2, -0.15) is 0 Å². The van der Waals surface area contributed by atoms with E-state index < -0.39 is 0 Å². The molecule has 2 rings (SSSR count). The number of unbranched alkanes of at least 4 members (excludes halogenated alkanes) is 1. The van der Waals surface area contributed by atoms with Gasteiger partial charge in [0.25, 0.3) is 0 Å². The molecule has 0 aliphatic carbocycles. The summed E-state index contributed by atoms with van der Waals surface area (Å²) in [5.41, 5.74) is 0.900. The van der Waals surface area contributed by atoms with Crippen LogP contribution in [0, 0.1) is 0 Å². The van der Waals surface area contributed by atoms with Crippen LogP contribution in [0.5, 0.6) is 0 Å². The van der Waals surface area contributed by atoms with Crippen LogP contribution in [0.1, 0.15) is 19.3 Å². The first-order valence-corrected chi connectivity index (χ1v) is 6.44. The number of carbonyl (C=O) groups excluding carboxylic acids is 1. The Morgan fingerprint density at radius 1 is 1.29 bits per heavy atom.